The van der Waals surface area contributed by atoms with E-state index in [-0.39, 0.29) is 5.91 Å². The maximum atomic E-state index is 11.9. The zero-order valence-corrected chi connectivity index (χ0v) is 13.1. The molecule has 0 aromatic carbocycles. The monoisotopic (exact) mass is 322 g/mol. The molecular weight excluding hydrogens is 308 g/mol. The maximum absolute atomic E-state index is 11.9. The molecule has 1 amide bonds. The zero-order valence-electron chi connectivity index (χ0n) is 11.5. The number of nitrogens with zero attached hydrogens (tertiary/aromatic N) is 3. The topological polar surface area (TPSA) is 58.1 Å². The predicted molar refractivity (Wildman–Crippen MR) is 84.1 cm³/mol. The van der Waals surface area contributed by atoms with Crippen LogP contribution in [0.4, 0.5) is 5.82 Å². The molecule has 5 nitrogen and oxygen atoms in total. The van der Waals surface area contributed by atoms with Crippen LogP contribution < -0.4 is 10.2 Å². The van der Waals surface area contributed by atoms with Gasteiger partial charge in [0.1, 0.15) is 0 Å². The van der Waals surface area contributed by atoms with Gasteiger partial charge in [-0.2, -0.15) is 5.10 Å². The Morgan fingerprint density at radius 3 is 2.81 bits per heavy atom. The summed E-state index contributed by atoms with van der Waals surface area (Å²) < 4.78 is 0.632. The van der Waals surface area contributed by atoms with Crippen LogP contribution in [0, 0.1) is 12.8 Å². The number of amides is 1. The van der Waals surface area contributed by atoms with E-state index in [0.717, 1.165) is 24.6 Å². The molecule has 0 aliphatic carbocycles. The highest BCUT2D eigenvalue weighted by molar-refractivity contribution is 7.17. The fraction of sp³-hybridized carbons (Fsp3) is 0.357. The molecular formula is C14H15ClN4OS. The summed E-state index contributed by atoms with van der Waals surface area (Å²) in [5.74, 6) is 1.29. The van der Waals surface area contributed by atoms with E-state index in [1.54, 1.807) is 12.1 Å². The van der Waals surface area contributed by atoms with Gasteiger partial charge in [-0.15, -0.1) is 16.4 Å². The Labute approximate surface area is 131 Å². The minimum atomic E-state index is -0.0551. The summed E-state index contributed by atoms with van der Waals surface area (Å²) >= 11 is 7.12. The molecule has 0 radical (unpaired) electrons. The highest BCUT2D eigenvalue weighted by atomic mass is 35.5. The van der Waals surface area contributed by atoms with E-state index >= 15 is 0 Å². The molecule has 0 spiro atoms. The average molecular weight is 323 g/mol. The lowest BCUT2D eigenvalue weighted by atomic mass is 10.0. The van der Waals surface area contributed by atoms with E-state index in [2.05, 4.69) is 20.4 Å². The highest BCUT2D eigenvalue weighted by Gasteiger charge is 2.28. The SMILES string of the molecule is Cc1ccc(N2CC(CNC(=O)c3ccc(Cl)s3)C2)nn1. The second-order valence-corrected chi connectivity index (χ2v) is 6.83. The van der Waals surface area contributed by atoms with E-state index in [0.29, 0.717) is 21.7 Å². The lowest BCUT2D eigenvalue weighted by Crippen LogP contribution is -2.51. The Morgan fingerprint density at radius 1 is 1.38 bits per heavy atom. The molecule has 3 heterocycles. The van der Waals surface area contributed by atoms with Crippen molar-refractivity contribution in [3.8, 4) is 0 Å². The molecule has 1 aliphatic heterocycles. The van der Waals surface area contributed by atoms with E-state index in [1.807, 2.05) is 19.1 Å². The molecule has 0 unspecified atom stereocenters. The number of carbonyl (C=O) groups excluding carboxylic acids is 1. The van der Waals surface area contributed by atoms with Gasteiger partial charge in [0, 0.05) is 25.6 Å². The molecule has 0 bridgehead atoms. The second-order valence-electron chi connectivity index (χ2n) is 5.12. The Bertz CT molecular complexity index is 637. The number of nitrogens with one attached hydrogen (secondary N) is 1. The van der Waals surface area contributed by atoms with Crippen molar-refractivity contribution < 1.29 is 4.79 Å². The number of aryl methyl sites for hydroxylation is 1. The summed E-state index contributed by atoms with van der Waals surface area (Å²) in [4.78, 5) is 14.7. The van der Waals surface area contributed by atoms with Crippen molar-refractivity contribution in [3.63, 3.8) is 0 Å². The Kier molecular flexibility index (Phi) is 4.07. The third-order valence-corrected chi connectivity index (χ3v) is 4.64. The smallest absolute Gasteiger partial charge is 0.261 e. The molecule has 1 aliphatic rings. The van der Waals surface area contributed by atoms with Gasteiger partial charge in [0.15, 0.2) is 5.82 Å². The molecule has 1 saturated heterocycles. The number of aromatic nitrogens is 2. The average Bonchev–Trinajstić information content (AvgIpc) is 2.85. The van der Waals surface area contributed by atoms with Gasteiger partial charge in [-0.1, -0.05) is 11.6 Å². The van der Waals surface area contributed by atoms with E-state index in [4.69, 9.17) is 11.6 Å². The zero-order chi connectivity index (χ0) is 14.8. The third kappa shape index (κ3) is 3.33. The van der Waals surface area contributed by atoms with Gasteiger partial charge in [0.2, 0.25) is 0 Å². The Morgan fingerprint density at radius 2 is 2.19 bits per heavy atom. The summed E-state index contributed by atoms with van der Waals surface area (Å²) in [5, 5.41) is 11.2. The normalized spacial score (nSPS) is 14.9. The van der Waals surface area contributed by atoms with E-state index in [1.165, 1.54) is 11.3 Å². The summed E-state index contributed by atoms with van der Waals surface area (Å²) in [6.07, 6.45) is 0. The first kappa shape index (κ1) is 14.3. The van der Waals surface area contributed by atoms with Crippen molar-refractivity contribution in [1.29, 1.82) is 0 Å². The predicted octanol–water partition coefficient (Wildman–Crippen LogP) is 2.37. The molecule has 1 N–H and O–H groups in total. The van der Waals surface area contributed by atoms with Crippen LogP contribution >= 0.6 is 22.9 Å². The standard InChI is InChI=1S/C14H15ClN4OS/c1-9-2-5-13(18-17-9)19-7-10(8-19)6-16-14(20)11-3-4-12(15)21-11/h2-5,10H,6-8H2,1H3,(H,16,20). The summed E-state index contributed by atoms with van der Waals surface area (Å²) in [7, 11) is 0. The lowest BCUT2D eigenvalue weighted by molar-refractivity contribution is 0.0948. The number of thiophene rings is 1. The van der Waals surface area contributed by atoms with Crippen LogP contribution in [0.25, 0.3) is 0 Å². The number of hydrogen-bond acceptors (Lipinski definition) is 5. The molecule has 3 rings (SSSR count). The second kappa shape index (κ2) is 5.99. The number of halogens is 1. The summed E-state index contributed by atoms with van der Waals surface area (Å²) in [5.41, 5.74) is 0.915. The van der Waals surface area contributed by atoms with E-state index < -0.39 is 0 Å². The minimum absolute atomic E-state index is 0.0551. The number of carbonyl (C=O) groups is 1. The van der Waals surface area contributed by atoms with Crippen LogP contribution in [-0.2, 0) is 0 Å². The van der Waals surface area contributed by atoms with Crippen LogP contribution in [0.5, 0.6) is 0 Å². The van der Waals surface area contributed by atoms with Crippen LogP contribution in [0.15, 0.2) is 24.3 Å². The van der Waals surface area contributed by atoms with Crippen LogP contribution in [0.3, 0.4) is 0 Å². The fourth-order valence-corrected chi connectivity index (χ4v) is 3.17. The Hall–Kier alpha value is -1.66. The molecule has 2 aromatic heterocycles. The molecule has 0 atom stereocenters. The molecule has 7 heteroatoms. The number of anilines is 1. The van der Waals surface area contributed by atoms with Crippen molar-refractivity contribution in [2.45, 2.75) is 6.92 Å². The first-order valence-electron chi connectivity index (χ1n) is 6.70. The fourth-order valence-electron chi connectivity index (χ4n) is 2.21. The summed E-state index contributed by atoms with van der Waals surface area (Å²) in [6.45, 7) is 4.37. The van der Waals surface area contributed by atoms with Gasteiger partial charge in [0.25, 0.3) is 5.91 Å². The first-order valence-corrected chi connectivity index (χ1v) is 7.90. The van der Waals surface area contributed by atoms with Crippen molar-refractivity contribution in [2.24, 2.45) is 5.92 Å². The van der Waals surface area contributed by atoms with Gasteiger partial charge in [-0.05, 0) is 31.2 Å². The van der Waals surface area contributed by atoms with Crippen LogP contribution in [-0.4, -0.2) is 35.7 Å². The quantitative estimate of drug-likeness (QED) is 0.939. The van der Waals surface area contributed by atoms with Crippen molar-refractivity contribution in [3.05, 3.63) is 39.2 Å². The van der Waals surface area contributed by atoms with Crippen LogP contribution in [0.2, 0.25) is 4.34 Å². The number of rotatable bonds is 4. The molecule has 1 fully saturated rings. The Balaban J connectivity index is 1.45. The van der Waals surface area contributed by atoms with Crippen molar-refractivity contribution in [1.82, 2.24) is 15.5 Å². The molecule has 21 heavy (non-hydrogen) atoms. The van der Waals surface area contributed by atoms with Crippen LogP contribution in [0.1, 0.15) is 15.4 Å². The van der Waals surface area contributed by atoms with Gasteiger partial charge in [-0.25, -0.2) is 0 Å². The first-order chi connectivity index (χ1) is 10.1. The van der Waals surface area contributed by atoms with Crippen molar-refractivity contribution >= 4 is 34.7 Å². The largest absolute Gasteiger partial charge is 0.354 e. The number of hydrogen-bond donors (Lipinski definition) is 1. The lowest BCUT2D eigenvalue weighted by Gasteiger charge is -2.39. The summed E-state index contributed by atoms with van der Waals surface area (Å²) in [6, 6.07) is 7.42. The van der Waals surface area contributed by atoms with Gasteiger partial charge >= 0.3 is 0 Å². The molecule has 110 valence electrons. The maximum Gasteiger partial charge on any atom is 0.261 e. The van der Waals surface area contributed by atoms with E-state index in [9.17, 15) is 4.79 Å². The molecule has 2 aromatic rings. The van der Waals surface area contributed by atoms with Gasteiger partial charge in [0.05, 0.1) is 14.9 Å². The van der Waals surface area contributed by atoms with Gasteiger partial charge in [-0.3, -0.25) is 4.79 Å². The van der Waals surface area contributed by atoms with Gasteiger partial charge < -0.3 is 10.2 Å². The van der Waals surface area contributed by atoms with Crippen molar-refractivity contribution in [2.75, 3.05) is 24.5 Å². The highest BCUT2D eigenvalue weighted by Crippen LogP contribution is 2.23. The minimum Gasteiger partial charge on any atom is -0.354 e. The third-order valence-electron chi connectivity index (χ3n) is 3.41. The molecule has 0 saturated carbocycles.